The van der Waals surface area contributed by atoms with E-state index in [-0.39, 0.29) is 19.9 Å². The molecule has 0 aliphatic carbocycles. The first-order valence-electron chi connectivity index (χ1n) is 8.77. The summed E-state index contributed by atoms with van der Waals surface area (Å²) in [6.45, 7) is 3.47. The lowest BCUT2D eigenvalue weighted by Gasteiger charge is -2.16. The summed E-state index contributed by atoms with van der Waals surface area (Å²) >= 11 is 1.49. The van der Waals surface area contributed by atoms with Crippen molar-refractivity contribution in [3.8, 4) is 11.3 Å². The van der Waals surface area contributed by atoms with Gasteiger partial charge in [0.2, 0.25) is 0 Å². The molecule has 2 aliphatic rings. The van der Waals surface area contributed by atoms with E-state index in [1.807, 2.05) is 30.0 Å². The maximum atomic E-state index is 13.4. The zero-order valence-electron chi connectivity index (χ0n) is 16.0. The van der Waals surface area contributed by atoms with E-state index in [4.69, 9.17) is 0 Å². The molecule has 0 saturated carbocycles. The SMILES string of the molecule is Cc1ncc(N2Cc3cc(-c4ccc(N5CC[C@H](F)C5)nc4)nn3C2=O)s1.[Cl-].[H+]. The van der Waals surface area contributed by atoms with Gasteiger partial charge in [0.25, 0.3) is 0 Å². The molecule has 3 aromatic heterocycles. The van der Waals surface area contributed by atoms with E-state index in [1.54, 1.807) is 17.3 Å². The summed E-state index contributed by atoms with van der Waals surface area (Å²) < 4.78 is 14.8. The van der Waals surface area contributed by atoms with Crippen LogP contribution in [0.1, 0.15) is 18.5 Å². The summed E-state index contributed by atoms with van der Waals surface area (Å²) in [5.74, 6) is 0.772. The van der Waals surface area contributed by atoms with Crippen molar-refractivity contribution >= 4 is 28.2 Å². The maximum absolute atomic E-state index is 13.4. The molecule has 28 heavy (non-hydrogen) atoms. The summed E-state index contributed by atoms with van der Waals surface area (Å²) in [5, 5.41) is 6.21. The molecular weight excluding hydrogens is 403 g/mol. The summed E-state index contributed by atoms with van der Waals surface area (Å²) in [5.41, 5.74) is 2.39. The average molecular weight is 421 g/mol. The van der Waals surface area contributed by atoms with Gasteiger partial charge in [-0.15, -0.1) is 11.3 Å². The molecule has 1 amide bonds. The number of rotatable bonds is 3. The van der Waals surface area contributed by atoms with Gasteiger partial charge < -0.3 is 17.3 Å². The Morgan fingerprint density at radius 2 is 2.14 bits per heavy atom. The van der Waals surface area contributed by atoms with Crippen LogP contribution in [0.4, 0.5) is 20.0 Å². The van der Waals surface area contributed by atoms with E-state index in [9.17, 15) is 9.18 Å². The number of carbonyl (C=O) groups excluding carboxylic acids is 1. The number of hydrogen-bond donors (Lipinski definition) is 0. The number of hydrogen-bond acceptors (Lipinski definition) is 6. The van der Waals surface area contributed by atoms with Crippen LogP contribution < -0.4 is 22.2 Å². The lowest BCUT2D eigenvalue weighted by Crippen LogP contribution is -3.00. The van der Waals surface area contributed by atoms with Crippen LogP contribution in [0.2, 0.25) is 0 Å². The molecule has 3 aromatic rings. The van der Waals surface area contributed by atoms with Gasteiger partial charge in [-0.05, 0) is 31.5 Å². The third-order valence-corrected chi connectivity index (χ3v) is 5.82. The predicted molar refractivity (Wildman–Crippen MR) is 102 cm³/mol. The molecule has 0 N–H and O–H groups in total. The van der Waals surface area contributed by atoms with Crippen molar-refractivity contribution in [2.45, 2.75) is 26.1 Å². The number of amides is 1. The number of anilines is 2. The Bertz CT molecular complexity index is 1030. The summed E-state index contributed by atoms with van der Waals surface area (Å²) in [6, 6.07) is 5.54. The Balaban J connectivity index is 0.00000120. The molecule has 0 spiro atoms. The molecule has 0 bridgehead atoms. The van der Waals surface area contributed by atoms with Crippen LogP contribution in [0, 0.1) is 6.92 Å². The van der Waals surface area contributed by atoms with E-state index in [0.29, 0.717) is 31.7 Å². The first-order valence-corrected chi connectivity index (χ1v) is 9.59. The van der Waals surface area contributed by atoms with Gasteiger partial charge in [-0.1, -0.05) is 0 Å². The van der Waals surface area contributed by atoms with E-state index >= 15 is 0 Å². The minimum Gasteiger partial charge on any atom is -1.00 e. The monoisotopic (exact) mass is 420 g/mol. The quantitative estimate of drug-likeness (QED) is 0.612. The van der Waals surface area contributed by atoms with Gasteiger partial charge in [0.05, 0.1) is 35.7 Å². The van der Waals surface area contributed by atoms with Crippen LogP contribution in [-0.2, 0) is 6.54 Å². The maximum Gasteiger partial charge on any atom is 1.00 e. The first-order chi connectivity index (χ1) is 13.1. The number of aromatic nitrogens is 4. The van der Waals surface area contributed by atoms with Gasteiger partial charge in [-0.3, -0.25) is 4.90 Å². The predicted octanol–water partition coefficient (Wildman–Crippen LogP) is 0.363. The van der Waals surface area contributed by atoms with Gasteiger partial charge in [0.1, 0.15) is 17.0 Å². The van der Waals surface area contributed by atoms with Gasteiger partial charge in [-0.25, -0.2) is 19.2 Å². The van der Waals surface area contributed by atoms with Crippen LogP contribution in [0.15, 0.2) is 30.6 Å². The number of pyridine rings is 1. The van der Waals surface area contributed by atoms with Gasteiger partial charge in [0.15, 0.2) is 0 Å². The fourth-order valence-corrected chi connectivity index (χ4v) is 4.25. The molecule has 5 heterocycles. The molecule has 10 heteroatoms. The molecule has 0 unspecified atom stereocenters. The Morgan fingerprint density at radius 3 is 2.75 bits per heavy atom. The number of alkyl halides is 1. The summed E-state index contributed by atoms with van der Waals surface area (Å²) in [4.78, 5) is 24.9. The van der Waals surface area contributed by atoms with E-state index < -0.39 is 6.17 Å². The summed E-state index contributed by atoms with van der Waals surface area (Å²) in [7, 11) is 0. The molecule has 1 atom stereocenters. The van der Waals surface area contributed by atoms with Crippen molar-refractivity contribution in [1.82, 2.24) is 19.7 Å². The van der Waals surface area contributed by atoms with Gasteiger partial charge in [0, 0.05) is 18.3 Å². The average Bonchev–Trinajstić information content (AvgIpc) is 3.42. The number of halogens is 2. The third-order valence-electron chi connectivity index (χ3n) is 4.89. The fourth-order valence-electron chi connectivity index (χ4n) is 3.48. The Kier molecular flexibility index (Phi) is 4.80. The molecule has 5 rings (SSSR count). The smallest absolute Gasteiger partial charge is 1.00 e. The molecule has 0 radical (unpaired) electrons. The zero-order valence-corrected chi connectivity index (χ0v) is 16.6. The van der Waals surface area contributed by atoms with E-state index in [1.165, 1.54) is 16.0 Å². The zero-order chi connectivity index (χ0) is 18.5. The molecule has 1 fully saturated rings. The Hall–Kier alpha value is -2.52. The number of aryl methyl sites for hydroxylation is 1. The minimum absolute atomic E-state index is 0. The third kappa shape index (κ3) is 3.14. The van der Waals surface area contributed by atoms with Crippen LogP contribution >= 0.6 is 11.3 Å². The molecule has 146 valence electrons. The molecular formula is C18H18ClFN6OS. The van der Waals surface area contributed by atoms with Gasteiger partial charge >= 0.3 is 7.46 Å². The highest BCUT2D eigenvalue weighted by atomic mass is 35.5. The van der Waals surface area contributed by atoms with E-state index in [2.05, 4.69) is 15.1 Å². The van der Waals surface area contributed by atoms with Gasteiger partial charge in [-0.2, -0.15) is 9.78 Å². The standard InChI is InChI=1S/C18H17FN6OS.ClH/c1-11-20-8-17(27-11)24-10-14-6-15(22-25(14)18(24)26)12-2-3-16(21-7-12)23-5-4-13(19)9-23;/h2-3,6-8,13H,4-5,9-10H2,1H3;1H/t13-;/m0./s1. The topological polar surface area (TPSA) is 67.2 Å². The van der Waals surface area contributed by atoms with Crippen LogP contribution in [-0.4, -0.2) is 45.0 Å². The number of thiazole rings is 1. The first kappa shape index (κ1) is 18.8. The van der Waals surface area contributed by atoms with Crippen molar-refractivity contribution in [3.63, 3.8) is 0 Å². The highest BCUT2D eigenvalue weighted by Crippen LogP contribution is 2.31. The van der Waals surface area contributed by atoms with Crippen molar-refractivity contribution in [3.05, 3.63) is 41.3 Å². The van der Waals surface area contributed by atoms with Crippen LogP contribution in [0.3, 0.4) is 0 Å². The highest BCUT2D eigenvalue weighted by molar-refractivity contribution is 7.15. The second-order valence-electron chi connectivity index (χ2n) is 6.76. The van der Waals surface area contributed by atoms with Crippen LogP contribution in [0.5, 0.6) is 0 Å². The van der Waals surface area contributed by atoms with Crippen molar-refractivity contribution in [2.75, 3.05) is 22.9 Å². The molecule has 1 saturated heterocycles. The fraction of sp³-hybridized carbons (Fsp3) is 0.333. The number of fused-ring (bicyclic) bond motifs is 1. The van der Waals surface area contributed by atoms with Crippen molar-refractivity contribution in [1.29, 1.82) is 0 Å². The molecule has 7 nitrogen and oxygen atoms in total. The Labute approximate surface area is 172 Å². The minimum atomic E-state index is -0.779. The molecule has 0 aromatic carbocycles. The number of carbonyl (C=O) groups is 1. The normalized spacial score (nSPS) is 18.5. The Morgan fingerprint density at radius 1 is 1.29 bits per heavy atom. The number of nitrogens with zero attached hydrogens (tertiary/aromatic N) is 6. The van der Waals surface area contributed by atoms with E-state index in [0.717, 1.165) is 27.1 Å². The second-order valence-corrected chi connectivity index (χ2v) is 7.97. The second kappa shape index (κ2) is 7.14. The lowest BCUT2D eigenvalue weighted by atomic mass is 10.2. The highest BCUT2D eigenvalue weighted by Gasteiger charge is 2.31. The molecule has 2 aliphatic heterocycles. The largest absolute Gasteiger partial charge is 1.00 e. The van der Waals surface area contributed by atoms with Crippen molar-refractivity contribution < 1.29 is 23.0 Å². The van der Waals surface area contributed by atoms with Crippen LogP contribution in [0.25, 0.3) is 11.3 Å². The van der Waals surface area contributed by atoms with Crippen molar-refractivity contribution in [2.24, 2.45) is 0 Å². The summed E-state index contributed by atoms with van der Waals surface area (Å²) in [6.07, 6.45) is 3.22. The lowest BCUT2D eigenvalue weighted by molar-refractivity contribution is -0.00000932.